The van der Waals surface area contributed by atoms with Crippen LogP contribution >= 0.6 is 0 Å². The third-order valence-electron chi connectivity index (χ3n) is 2.26. The molecule has 0 saturated heterocycles. The van der Waals surface area contributed by atoms with Gasteiger partial charge < -0.3 is 4.42 Å². The number of furan rings is 2. The van der Waals surface area contributed by atoms with Gasteiger partial charge in [-0.1, -0.05) is 0 Å². The second-order valence-electron chi connectivity index (χ2n) is 3.05. The third-order valence-corrected chi connectivity index (χ3v) is 2.26. The van der Waals surface area contributed by atoms with Crippen LogP contribution in [0, 0.1) is 6.92 Å². The Balaban J connectivity index is 2.81. The zero-order valence-electron chi connectivity index (χ0n) is 6.92. The summed E-state index contributed by atoms with van der Waals surface area (Å²) in [5, 5.41) is 7.76. The van der Waals surface area contributed by atoms with E-state index in [1.165, 1.54) is 0 Å². The van der Waals surface area contributed by atoms with Crippen LogP contribution in [0.15, 0.2) is 21.3 Å². The highest BCUT2D eigenvalue weighted by molar-refractivity contribution is 6.07. The second kappa shape index (κ2) is 1.90. The van der Waals surface area contributed by atoms with Crippen LogP contribution in [0.2, 0.25) is 0 Å². The molecule has 0 aliphatic heterocycles. The molecule has 3 aromatic rings. The number of aromatic nitrogens is 2. The minimum Gasteiger partial charge on any atom is -0.456 e. The number of aromatic amines is 1. The number of nitrogens with one attached hydrogen (secondary N) is 1. The Labute approximate surface area is 72.5 Å². The average Bonchev–Trinajstić information content (AvgIpc) is 2.70. The van der Waals surface area contributed by atoms with Crippen LogP contribution in [-0.4, -0.2) is 10.2 Å². The topological polar surface area (TPSA) is 58.9 Å². The number of nitrogens with zero attached hydrogens (tertiary/aromatic N) is 1. The van der Waals surface area contributed by atoms with Gasteiger partial charge in [-0.25, -0.2) is 5.10 Å². The molecule has 0 fully saturated rings. The summed E-state index contributed by atoms with van der Waals surface area (Å²) in [6.07, 6.45) is 0. The Morgan fingerprint density at radius 3 is 2.69 bits per heavy atom. The average molecular weight is 174 g/mol. The molecule has 0 aliphatic rings. The molecule has 2 bridgehead atoms. The number of rotatable bonds is 0. The van der Waals surface area contributed by atoms with Crippen LogP contribution in [0.5, 0.6) is 0 Å². The monoisotopic (exact) mass is 174 g/mol. The van der Waals surface area contributed by atoms with Gasteiger partial charge in [0.2, 0.25) is 0 Å². The van der Waals surface area contributed by atoms with Crippen molar-refractivity contribution in [2.75, 3.05) is 0 Å². The lowest BCUT2D eigenvalue weighted by molar-refractivity contribution is 0.678. The standard InChI is InChI=1S/C9H6N2O2/c1-4-7-5-2-3-6(13-5)8(7)9(12)11-10-4/h2-3H,1H3,(H,11,12). The fourth-order valence-corrected chi connectivity index (χ4v) is 1.68. The Morgan fingerprint density at radius 1 is 1.31 bits per heavy atom. The van der Waals surface area contributed by atoms with Crippen molar-refractivity contribution in [3.05, 3.63) is 28.2 Å². The van der Waals surface area contributed by atoms with Crippen molar-refractivity contribution in [2.45, 2.75) is 6.92 Å². The summed E-state index contributed by atoms with van der Waals surface area (Å²) < 4.78 is 5.37. The number of aryl methyl sites for hydroxylation is 1. The van der Waals surface area contributed by atoms with Crippen molar-refractivity contribution in [3.8, 4) is 0 Å². The predicted octanol–water partition coefficient (Wildman–Crippen LogP) is 1.42. The Kier molecular flexibility index (Phi) is 0.974. The summed E-state index contributed by atoms with van der Waals surface area (Å²) in [5.74, 6) is 0. The molecular formula is C9H6N2O2. The molecule has 64 valence electrons. The number of benzene rings is 1. The second-order valence-corrected chi connectivity index (χ2v) is 3.05. The molecule has 0 saturated carbocycles. The third kappa shape index (κ3) is 0.654. The quantitative estimate of drug-likeness (QED) is 0.560. The van der Waals surface area contributed by atoms with Crippen molar-refractivity contribution in [1.82, 2.24) is 10.2 Å². The summed E-state index contributed by atoms with van der Waals surface area (Å²) in [7, 11) is 0. The molecule has 4 heteroatoms. The van der Waals surface area contributed by atoms with E-state index in [0.29, 0.717) is 11.0 Å². The molecule has 13 heavy (non-hydrogen) atoms. The normalized spacial score (nSPS) is 11.8. The summed E-state index contributed by atoms with van der Waals surface area (Å²) in [4.78, 5) is 11.4. The zero-order valence-corrected chi connectivity index (χ0v) is 6.92. The number of H-pyrrole nitrogens is 1. The first kappa shape index (κ1) is 6.65. The highest BCUT2D eigenvalue weighted by Crippen LogP contribution is 2.29. The van der Waals surface area contributed by atoms with Gasteiger partial charge in [-0.05, 0) is 19.1 Å². The molecule has 0 spiro atoms. The first-order chi connectivity index (χ1) is 6.27. The highest BCUT2D eigenvalue weighted by Gasteiger charge is 2.14. The molecule has 3 aromatic heterocycles. The lowest BCUT2D eigenvalue weighted by Crippen LogP contribution is -2.08. The molecule has 3 heterocycles. The van der Waals surface area contributed by atoms with Crippen molar-refractivity contribution in [1.29, 1.82) is 0 Å². The number of hydrogen-bond donors (Lipinski definition) is 1. The van der Waals surface area contributed by atoms with Gasteiger partial charge in [0, 0.05) is 0 Å². The van der Waals surface area contributed by atoms with Gasteiger partial charge in [0.05, 0.1) is 16.5 Å². The molecule has 3 rings (SSSR count). The Bertz CT molecular complexity index is 635. The van der Waals surface area contributed by atoms with E-state index in [0.717, 1.165) is 16.7 Å². The van der Waals surface area contributed by atoms with E-state index in [1.807, 2.05) is 13.0 Å². The van der Waals surface area contributed by atoms with Gasteiger partial charge in [-0.3, -0.25) is 4.79 Å². The smallest absolute Gasteiger partial charge is 0.275 e. The summed E-state index contributed by atoms with van der Waals surface area (Å²) in [5.41, 5.74) is 1.98. The van der Waals surface area contributed by atoms with Crippen LogP contribution < -0.4 is 5.56 Å². The summed E-state index contributed by atoms with van der Waals surface area (Å²) in [6.45, 7) is 1.85. The van der Waals surface area contributed by atoms with Crippen molar-refractivity contribution in [3.63, 3.8) is 0 Å². The SMILES string of the molecule is Cc1n[nH]c(=O)c2c3ccc(o3)c12. The highest BCUT2D eigenvalue weighted by atomic mass is 16.3. The summed E-state index contributed by atoms with van der Waals surface area (Å²) >= 11 is 0. The van der Waals surface area contributed by atoms with E-state index in [4.69, 9.17) is 4.42 Å². The lowest BCUT2D eigenvalue weighted by Gasteiger charge is -1.93. The van der Waals surface area contributed by atoms with Crippen LogP contribution in [0.3, 0.4) is 0 Å². The maximum atomic E-state index is 11.4. The van der Waals surface area contributed by atoms with Gasteiger partial charge in [0.15, 0.2) is 0 Å². The molecule has 0 unspecified atom stereocenters. The minimum atomic E-state index is -0.185. The molecule has 0 aliphatic carbocycles. The molecule has 0 radical (unpaired) electrons. The molecule has 0 atom stereocenters. The van der Waals surface area contributed by atoms with Gasteiger partial charge in [0.1, 0.15) is 11.2 Å². The van der Waals surface area contributed by atoms with Crippen LogP contribution in [0.4, 0.5) is 0 Å². The van der Waals surface area contributed by atoms with Gasteiger partial charge in [-0.15, -0.1) is 0 Å². The van der Waals surface area contributed by atoms with Gasteiger partial charge >= 0.3 is 0 Å². The molecule has 0 aromatic carbocycles. The maximum absolute atomic E-state index is 11.4. The lowest BCUT2D eigenvalue weighted by atomic mass is 10.1. The van der Waals surface area contributed by atoms with Crippen molar-refractivity contribution < 1.29 is 4.42 Å². The first-order valence-electron chi connectivity index (χ1n) is 3.97. The fraction of sp³-hybridized carbons (Fsp3) is 0.111. The Morgan fingerprint density at radius 2 is 2.00 bits per heavy atom. The predicted molar refractivity (Wildman–Crippen MR) is 48.1 cm³/mol. The largest absolute Gasteiger partial charge is 0.456 e. The Hall–Kier alpha value is -1.84. The maximum Gasteiger partial charge on any atom is 0.275 e. The van der Waals surface area contributed by atoms with E-state index in [1.54, 1.807) is 6.07 Å². The van der Waals surface area contributed by atoms with E-state index in [-0.39, 0.29) is 5.56 Å². The van der Waals surface area contributed by atoms with Gasteiger partial charge in [0.25, 0.3) is 5.56 Å². The number of hydrogen-bond acceptors (Lipinski definition) is 3. The van der Waals surface area contributed by atoms with E-state index in [2.05, 4.69) is 10.2 Å². The number of fused-ring (bicyclic) bond motifs is 5. The minimum absolute atomic E-state index is 0.185. The van der Waals surface area contributed by atoms with E-state index in [9.17, 15) is 4.79 Å². The fourth-order valence-electron chi connectivity index (χ4n) is 1.68. The molecular weight excluding hydrogens is 168 g/mol. The van der Waals surface area contributed by atoms with Crippen molar-refractivity contribution >= 4 is 21.9 Å². The van der Waals surface area contributed by atoms with Gasteiger partial charge in [-0.2, -0.15) is 5.10 Å². The molecule has 4 nitrogen and oxygen atoms in total. The zero-order chi connectivity index (χ0) is 9.00. The summed E-state index contributed by atoms with van der Waals surface area (Å²) in [6, 6.07) is 3.65. The van der Waals surface area contributed by atoms with E-state index < -0.39 is 0 Å². The first-order valence-corrected chi connectivity index (χ1v) is 3.97. The van der Waals surface area contributed by atoms with Crippen molar-refractivity contribution in [2.24, 2.45) is 0 Å². The van der Waals surface area contributed by atoms with Crippen LogP contribution in [-0.2, 0) is 0 Å². The van der Waals surface area contributed by atoms with E-state index >= 15 is 0 Å². The molecule has 1 N–H and O–H groups in total. The van der Waals surface area contributed by atoms with Crippen LogP contribution in [0.1, 0.15) is 5.69 Å². The molecule has 0 amide bonds. The van der Waals surface area contributed by atoms with Crippen LogP contribution in [0.25, 0.3) is 21.9 Å².